The van der Waals surface area contributed by atoms with E-state index in [0.717, 1.165) is 37.9 Å². The molecule has 2 atom stereocenters. The molecule has 1 saturated carbocycles. The van der Waals surface area contributed by atoms with Gasteiger partial charge in [0, 0.05) is 43.2 Å². The lowest BCUT2D eigenvalue weighted by Crippen LogP contribution is -2.45. The highest BCUT2D eigenvalue weighted by Crippen LogP contribution is 2.40. The Labute approximate surface area is 168 Å². The first-order valence-corrected chi connectivity index (χ1v) is 9.79. The lowest BCUT2D eigenvalue weighted by molar-refractivity contribution is -0.122. The number of halogens is 1. The number of methoxy groups -OCH3 is 1. The summed E-state index contributed by atoms with van der Waals surface area (Å²) in [6, 6.07) is 6.47. The molecule has 1 amide bonds. The van der Waals surface area contributed by atoms with E-state index in [0.29, 0.717) is 32.1 Å². The van der Waals surface area contributed by atoms with Crippen LogP contribution in [0.25, 0.3) is 0 Å². The summed E-state index contributed by atoms with van der Waals surface area (Å²) in [4.78, 5) is 12.6. The SMILES string of the molecule is COc1ccc(C)cc1C1(CNC(=O)C[C@@H]2CCC[C@H]2N)CCOCC1.Cl. The lowest BCUT2D eigenvalue weighted by atomic mass is 9.73. The van der Waals surface area contributed by atoms with Crippen LogP contribution < -0.4 is 15.8 Å². The van der Waals surface area contributed by atoms with E-state index < -0.39 is 0 Å². The fourth-order valence-corrected chi connectivity index (χ4v) is 4.44. The third-order valence-corrected chi connectivity index (χ3v) is 6.17. The van der Waals surface area contributed by atoms with Gasteiger partial charge >= 0.3 is 0 Å². The summed E-state index contributed by atoms with van der Waals surface area (Å²) < 4.78 is 11.2. The van der Waals surface area contributed by atoms with E-state index in [-0.39, 0.29) is 29.8 Å². The van der Waals surface area contributed by atoms with E-state index in [2.05, 4.69) is 24.4 Å². The highest BCUT2D eigenvalue weighted by molar-refractivity contribution is 5.85. The summed E-state index contributed by atoms with van der Waals surface area (Å²) in [5.41, 5.74) is 8.37. The number of ether oxygens (including phenoxy) is 2. The maximum atomic E-state index is 12.6. The zero-order valence-electron chi connectivity index (χ0n) is 16.5. The van der Waals surface area contributed by atoms with Gasteiger partial charge in [0.2, 0.25) is 5.91 Å². The van der Waals surface area contributed by atoms with Crippen molar-refractivity contribution in [1.29, 1.82) is 0 Å². The number of aryl methyl sites for hydroxylation is 1. The second-order valence-electron chi connectivity index (χ2n) is 7.93. The number of nitrogens with two attached hydrogens (primary N) is 1. The first kappa shape index (κ1) is 22.0. The molecule has 3 rings (SSSR count). The third kappa shape index (κ3) is 5.15. The summed E-state index contributed by atoms with van der Waals surface area (Å²) in [5, 5.41) is 3.20. The number of nitrogens with one attached hydrogen (secondary N) is 1. The standard InChI is InChI=1S/C21H32N2O3.ClH/c1-15-6-7-19(25-2)17(12-15)21(8-10-26-11-9-21)14-23-20(24)13-16-4-3-5-18(16)22;/h6-7,12,16,18H,3-5,8-11,13-14,22H2,1-2H3,(H,23,24);1H/t16-,18+;/m0./s1. The number of amides is 1. The van der Waals surface area contributed by atoms with Gasteiger partial charge in [-0.1, -0.05) is 24.1 Å². The Balaban J connectivity index is 0.00000261. The van der Waals surface area contributed by atoms with Gasteiger partial charge in [-0.25, -0.2) is 0 Å². The molecule has 1 aromatic rings. The van der Waals surface area contributed by atoms with Crippen molar-refractivity contribution >= 4 is 18.3 Å². The van der Waals surface area contributed by atoms with Crippen LogP contribution in [0, 0.1) is 12.8 Å². The van der Waals surface area contributed by atoms with E-state index in [1.807, 2.05) is 6.07 Å². The van der Waals surface area contributed by atoms with Gasteiger partial charge in [-0.3, -0.25) is 4.79 Å². The van der Waals surface area contributed by atoms with Crippen molar-refractivity contribution < 1.29 is 14.3 Å². The molecule has 0 aromatic heterocycles. The van der Waals surface area contributed by atoms with Crippen molar-refractivity contribution in [3.05, 3.63) is 29.3 Å². The number of carbonyl (C=O) groups is 1. The van der Waals surface area contributed by atoms with Gasteiger partial charge in [0.1, 0.15) is 5.75 Å². The summed E-state index contributed by atoms with van der Waals surface area (Å²) in [5.74, 6) is 1.34. The van der Waals surface area contributed by atoms with Crippen LogP contribution in [0.5, 0.6) is 5.75 Å². The van der Waals surface area contributed by atoms with Gasteiger partial charge < -0.3 is 20.5 Å². The van der Waals surface area contributed by atoms with Crippen LogP contribution in [0.1, 0.15) is 49.7 Å². The number of hydrogen-bond acceptors (Lipinski definition) is 4. The predicted octanol–water partition coefficient (Wildman–Crippen LogP) is 3.11. The summed E-state index contributed by atoms with van der Waals surface area (Å²) >= 11 is 0. The van der Waals surface area contributed by atoms with Crippen molar-refractivity contribution in [1.82, 2.24) is 5.32 Å². The molecule has 1 aliphatic heterocycles. The minimum atomic E-state index is -0.136. The molecule has 2 aliphatic rings. The van der Waals surface area contributed by atoms with Crippen molar-refractivity contribution in [2.45, 2.75) is 56.9 Å². The Morgan fingerprint density at radius 2 is 2.07 bits per heavy atom. The number of rotatable bonds is 6. The molecular weight excluding hydrogens is 364 g/mol. The second-order valence-corrected chi connectivity index (χ2v) is 7.93. The van der Waals surface area contributed by atoms with Crippen LogP contribution >= 0.6 is 12.4 Å². The van der Waals surface area contributed by atoms with Gasteiger partial charge in [-0.15, -0.1) is 12.4 Å². The molecule has 3 N–H and O–H groups in total. The Morgan fingerprint density at radius 1 is 1.33 bits per heavy atom. The zero-order valence-corrected chi connectivity index (χ0v) is 17.3. The van der Waals surface area contributed by atoms with Gasteiger partial charge in [0.05, 0.1) is 7.11 Å². The molecule has 0 unspecified atom stereocenters. The van der Waals surface area contributed by atoms with Crippen LogP contribution in [0.4, 0.5) is 0 Å². The molecule has 0 radical (unpaired) electrons. The molecule has 1 heterocycles. The molecule has 1 aromatic carbocycles. The van der Waals surface area contributed by atoms with E-state index in [9.17, 15) is 4.79 Å². The largest absolute Gasteiger partial charge is 0.496 e. The highest BCUT2D eigenvalue weighted by Gasteiger charge is 2.37. The first-order valence-electron chi connectivity index (χ1n) is 9.79. The molecule has 152 valence electrons. The molecule has 0 bridgehead atoms. The number of hydrogen-bond donors (Lipinski definition) is 2. The molecule has 6 heteroatoms. The minimum Gasteiger partial charge on any atom is -0.496 e. The molecule has 2 fully saturated rings. The maximum absolute atomic E-state index is 12.6. The highest BCUT2D eigenvalue weighted by atomic mass is 35.5. The topological polar surface area (TPSA) is 73.6 Å². The fraction of sp³-hybridized carbons (Fsp3) is 0.667. The summed E-state index contributed by atoms with van der Waals surface area (Å²) in [6.07, 6.45) is 5.56. The van der Waals surface area contributed by atoms with E-state index in [1.54, 1.807) is 7.11 Å². The fourth-order valence-electron chi connectivity index (χ4n) is 4.44. The molecule has 0 spiro atoms. The van der Waals surface area contributed by atoms with Crippen molar-refractivity contribution in [3.8, 4) is 5.75 Å². The average molecular weight is 397 g/mol. The Bertz CT molecular complexity index is 632. The second kappa shape index (κ2) is 9.76. The van der Waals surface area contributed by atoms with Gasteiger partial charge in [-0.05, 0) is 44.6 Å². The molecular formula is C21H33ClN2O3. The van der Waals surface area contributed by atoms with Crippen molar-refractivity contribution in [2.75, 3.05) is 26.9 Å². The quantitative estimate of drug-likeness (QED) is 0.774. The lowest BCUT2D eigenvalue weighted by Gasteiger charge is -2.39. The Hall–Kier alpha value is -1.30. The maximum Gasteiger partial charge on any atom is 0.220 e. The summed E-state index contributed by atoms with van der Waals surface area (Å²) in [7, 11) is 1.71. The van der Waals surface area contributed by atoms with Gasteiger partial charge in [0.15, 0.2) is 0 Å². The molecule has 1 aliphatic carbocycles. The zero-order chi connectivity index (χ0) is 18.6. The smallest absolute Gasteiger partial charge is 0.220 e. The summed E-state index contributed by atoms with van der Waals surface area (Å²) in [6.45, 7) is 4.13. The first-order chi connectivity index (χ1) is 12.5. The molecule has 27 heavy (non-hydrogen) atoms. The van der Waals surface area contributed by atoms with E-state index in [1.165, 1.54) is 11.1 Å². The van der Waals surface area contributed by atoms with Gasteiger partial charge in [-0.2, -0.15) is 0 Å². The normalized spacial score (nSPS) is 24.1. The number of benzene rings is 1. The van der Waals surface area contributed by atoms with Crippen LogP contribution in [0.15, 0.2) is 18.2 Å². The minimum absolute atomic E-state index is 0. The average Bonchev–Trinajstić information content (AvgIpc) is 3.05. The predicted molar refractivity (Wildman–Crippen MR) is 110 cm³/mol. The molecule has 5 nitrogen and oxygen atoms in total. The van der Waals surface area contributed by atoms with E-state index in [4.69, 9.17) is 15.2 Å². The number of carbonyl (C=O) groups excluding carboxylic acids is 1. The Morgan fingerprint density at radius 3 is 2.70 bits per heavy atom. The Kier molecular flexibility index (Phi) is 7.95. The van der Waals surface area contributed by atoms with Crippen LogP contribution in [-0.4, -0.2) is 38.8 Å². The third-order valence-electron chi connectivity index (χ3n) is 6.17. The molecule has 1 saturated heterocycles. The van der Waals surface area contributed by atoms with E-state index >= 15 is 0 Å². The van der Waals surface area contributed by atoms with Crippen molar-refractivity contribution in [2.24, 2.45) is 11.7 Å². The van der Waals surface area contributed by atoms with Gasteiger partial charge in [0.25, 0.3) is 0 Å². The van der Waals surface area contributed by atoms with Crippen LogP contribution in [0.2, 0.25) is 0 Å². The van der Waals surface area contributed by atoms with Crippen LogP contribution in [-0.2, 0) is 14.9 Å². The van der Waals surface area contributed by atoms with Crippen LogP contribution in [0.3, 0.4) is 0 Å². The van der Waals surface area contributed by atoms with Crippen molar-refractivity contribution in [3.63, 3.8) is 0 Å². The monoisotopic (exact) mass is 396 g/mol.